The van der Waals surface area contributed by atoms with E-state index in [9.17, 15) is 9.90 Å². The van der Waals surface area contributed by atoms with Crippen molar-refractivity contribution in [2.24, 2.45) is 0 Å². The smallest absolute Gasteiger partial charge is 0.319 e. The largest absolute Gasteiger partial charge is 0.497 e. The molecule has 2 aliphatic rings. The Balaban J connectivity index is 1.19. The Morgan fingerprint density at radius 2 is 1.83 bits per heavy atom. The number of amides is 2. The van der Waals surface area contributed by atoms with Crippen molar-refractivity contribution in [1.82, 2.24) is 15.5 Å². The molecule has 0 aromatic heterocycles. The van der Waals surface area contributed by atoms with Gasteiger partial charge in [0.15, 0.2) is 0 Å². The van der Waals surface area contributed by atoms with Crippen LogP contribution in [-0.2, 0) is 5.60 Å². The molecule has 4 rings (SSSR count). The summed E-state index contributed by atoms with van der Waals surface area (Å²) in [4.78, 5) is 14.8. The van der Waals surface area contributed by atoms with Crippen LogP contribution in [0.25, 0.3) is 0 Å². The van der Waals surface area contributed by atoms with Gasteiger partial charge < -0.3 is 30.7 Å². The molecule has 2 amide bonds. The Kier molecular flexibility index (Phi) is 8.33. The average molecular weight is 491 g/mol. The van der Waals surface area contributed by atoms with Crippen LogP contribution in [0.4, 0.5) is 10.5 Å². The maximum Gasteiger partial charge on any atom is 0.319 e. The van der Waals surface area contributed by atoms with E-state index in [-0.39, 0.29) is 11.9 Å². The fraction of sp³-hybridized carbons (Fsp3) is 0.414. The monoisotopic (exact) mass is 490 g/mol. The number of hydrogen-bond donors (Lipinski definition) is 4. The third-order valence-corrected chi connectivity index (χ3v) is 7.01. The van der Waals surface area contributed by atoms with Crippen LogP contribution in [0.2, 0.25) is 0 Å². The van der Waals surface area contributed by atoms with Gasteiger partial charge in [0.1, 0.15) is 5.75 Å². The molecule has 0 unspecified atom stereocenters. The quantitative estimate of drug-likeness (QED) is 0.404. The number of piperidine rings is 1. The molecule has 192 valence electrons. The van der Waals surface area contributed by atoms with Crippen molar-refractivity contribution in [2.45, 2.75) is 44.6 Å². The van der Waals surface area contributed by atoms with Crippen LogP contribution < -0.4 is 20.7 Å². The van der Waals surface area contributed by atoms with Crippen molar-refractivity contribution in [1.29, 1.82) is 0 Å². The number of rotatable bonds is 8. The summed E-state index contributed by atoms with van der Waals surface area (Å²) < 4.78 is 5.31. The summed E-state index contributed by atoms with van der Waals surface area (Å²) in [5.74, 6) is 0.965. The molecule has 1 fully saturated rings. The molecule has 7 nitrogen and oxygen atoms in total. The minimum Gasteiger partial charge on any atom is -0.497 e. The lowest BCUT2D eigenvalue weighted by molar-refractivity contribution is -0.0260. The lowest BCUT2D eigenvalue weighted by atomic mass is 9.84. The molecule has 2 aromatic rings. The minimum absolute atomic E-state index is 0.193. The Labute approximate surface area is 214 Å². The molecule has 36 heavy (non-hydrogen) atoms. The number of ether oxygens (including phenoxy) is 1. The number of allylic oxidation sites excluding steroid dienone is 4. The van der Waals surface area contributed by atoms with Crippen LogP contribution in [-0.4, -0.2) is 49.3 Å². The van der Waals surface area contributed by atoms with Crippen molar-refractivity contribution < 1.29 is 14.6 Å². The van der Waals surface area contributed by atoms with Crippen LogP contribution in [0.3, 0.4) is 0 Å². The first kappa shape index (κ1) is 25.8. The van der Waals surface area contributed by atoms with Gasteiger partial charge in [-0.2, -0.15) is 0 Å². The number of benzene rings is 2. The predicted octanol–water partition coefficient (Wildman–Crippen LogP) is 4.68. The number of anilines is 1. The van der Waals surface area contributed by atoms with Crippen LogP contribution in [0.5, 0.6) is 5.75 Å². The molecule has 2 aliphatic heterocycles. The van der Waals surface area contributed by atoms with E-state index in [1.54, 1.807) is 7.11 Å². The fourth-order valence-corrected chi connectivity index (χ4v) is 5.02. The highest BCUT2D eigenvalue weighted by molar-refractivity contribution is 5.89. The van der Waals surface area contributed by atoms with Crippen LogP contribution in [0.15, 0.2) is 72.1 Å². The first-order chi connectivity index (χ1) is 17.3. The molecular formula is C29H38N4O3. The zero-order valence-electron chi connectivity index (χ0n) is 21.5. The Morgan fingerprint density at radius 3 is 2.56 bits per heavy atom. The number of methoxy groups -OCH3 is 1. The van der Waals surface area contributed by atoms with Crippen molar-refractivity contribution in [3.63, 3.8) is 0 Å². The second-order valence-corrected chi connectivity index (χ2v) is 9.82. The van der Waals surface area contributed by atoms with Crippen molar-refractivity contribution in [2.75, 3.05) is 38.6 Å². The minimum atomic E-state index is -0.811. The summed E-state index contributed by atoms with van der Waals surface area (Å²) in [5.41, 5.74) is 4.31. The van der Waals surface area contributed by atoms with Crippen LogP contribution >= 0.6 is 0 Å². The summed E-state index contributed by atoms with van der Waals surface area (Å²) >= 11 is 0. The third kappa shape index (κ3) is 6.68. The number of carbonyl (C=O) groups is 1. The number of urea groups is 1. The third-order valence-electron chi connectivity index (χ3n) is 7.01. The van der Waals surface area contributed by atoms with Gasteiger partial charge in [0.05, 0.1) is 12.7 Å². The molecule has 1 saturated heterocycles. The normalized spacial score (nSPS) is 18.0. The zero-order valence-corrected chi connectivity index (χ0v) is 21.5. The van der Waals surface area contributed by atoms with Gasteiger partial charge >= 0.3 is 6.03 Å². The van der Waals surface area contributed by atoms with E-state index >= 15 is 0 Å². The molecule has 2 heterocycles. The first-order valence-electron chi connectivity index (χ1n) is 12.7. The highest BCUT2D eigenvalue weighted by Gasteiger charge is 2.34. The van der Waals surface area contributed by atoms with Gasteiger partial charge in [-0.15, -0.1) is 0 Å². The topological polar surface area (TPSA) is 85.9 Å². The second kappa shape index (κ2) is 11.6. The Morgan fingerprint density at radius 1 is 1.11 bits per heavy atom. The fourth-order valence-electron chi connectivity index (χ4n) is 5.02. The van der Waals surface area contributed by atoms with Gasteiger partial charge in [0, 0.05) is 42.6 Å². The second-order valence-electron chi connectivity index (χ2n) is 9.82. The van der Waals surface area contributed by atoms with E-state index in [2.05, 4.69) is 52.9 Å². The molecule has 0 bridgehead atoms. The number of aliphatic hydroxyl groups is 1. The zero-order chi connectivity index (χ0) is 25.5. The average Bonchev–Trinajstić information content (AvgIpc) is 2.87. The highest BCUT2D eigenvalue weighted by atomic mass is 16.5. The first-order valence-corrected chi connectivity index (χ1v) is 12.7. The summed E-state index contributed by atoms with van der Waals surface area (Å²) in [5, 5.41) is 20.4. The number of nitrogens with zero attached hydrogens (tertiary/aromatic N) is 1. The number of nitrogens with one attached hydrogen (secondary N) is 3. The van der Waals surface area contributed by atoms with E-state index in [0.29, 0.717) is 19.4 Å². The molecule has 0 radical (unpaired) electrons. The molecule has 0 saturated carbocycles. The van der Waals surface area contributed by atoms with Gasteiger partial charge in [-0.1, -0.05) is 36.4 Å². The van der Waals surface area contributed by atoms with Gasteiger partial charge in [0.25, 0.3) is 0 Å². The van der Waals surface area contributed by atoms with Gasteiger partial charge in [-0.3, -0.25) is 0 Å². The van der Waals surface area contributed by atoms with Crippen LogP contribution in [0, 0.1) is 0 Å². The Hall–Kier alpha value is -3.29. The van der Waals surface area contributed by atoms with Gasteiger partial charge in [-0.05, 0) is 75.0 Å². The Bertz CT molecular complexity index is 1100. The summed E-state index contributed by atoms with van der Waals surface area (Å²) in [6.07, 6.45) is 6.60. The molecule has 7 heteroatoms. The number of hydrogen-bond acceptors (Lipinski definition) is 5. The van der Waals surface area contributed by atoms with Crippen molar-refractivity contribution >= 4 is 11.7 Å². The predicted molar refractivity (Wildman–Crippen MR) is 144 cm³/mol. The standard InChI is InChI=1S/C29H38N4O3/c1-21-17-24(18-22(2)31-21)23-7-4-9-26(19-23)32-28(34)30-13-6-14-33-15-11-29(35,12-16-33)25-8-5-10-27(20-25)36-3/h4-5,7-10,17-20,24,31,35H,6,11-16H2,1-3H3,(H2,30,32,34). The lowest BCUT2D eigenvalue weighted by Gasteiger charge is -2.38. The van der Waals surface area contributed by atoms with Gasteiger partial charge in [-0.25, -0.2) is 4.79 Å². The van der Waals surface area contributed by atoms with E-state index in [1.165, 1.54) is 0 Å². The van der Waals surface area contributed by atoms with Crippen molar-refractivity contribution in [3.05, 3.63) is 83.2 Å². The number of likely N-dealkylation sites (tertiary alicyclic amines) is 1. The van der Waals surface area contributed by atoms with E-state index < -0.39 is 5.60 Å². The molecule has 4 N–H and O–H groups in total. The summed E-state index contributed by atoms with van der Waals surface area (Å²) in [7, 11) is 1.64. The van der Waals surface area contributed by atoms with E-state index in [1.807, 2.05) is 42.5 Å². The SMILES string of the molecule is COc1cccc(C2(O)CCN(CCCNC(=O)Nc3cccc(C4C=C(C)NC(C)=C4)c3)CC2)c1. The lowest BCUT2D eigenvalue weighted by Crippen LogP contribution is -2.43. The molecule has 0 aliphatic carbocycles. The molecule has 2 aromatic carbocycles. The van der Waals surface area contributed by atoms with E-state index in [4.69, 9.17) is 4.74 Å². The number of carbonyl (C=O) groups excluding carboxylic acids is 1. The molecule has 0 spiro atoms. The van der Waals surface area contributed by atoms with Crippen molar-refractivity contribution in [3.8, 4) is 5.75 Å². The summed E-state index contributed by atoms with van der Waals surface area (Å²) in [6, 6.07) is 15.5. The molecule has 0 atom stereocenters. The molecular weight excluding hydrogens is 452 g/mol. The number of dihydropyridines is 1. The van der Waals surface area contributed by atoms with E-state index in [0.717, 1.165) is 60.0 Å². The highest BCUT2D eigenvalue weighted by Crippen LogP contribution is 2.34. The maximum atomic E-state index is 12.4. The maximum absolute atomic E-state index is 12.4. The van der Waals surface area contributed by atoms with Crippen LogP contribution in [0.1, 0.15) is 50.2 Å². The van der Waals surface area contributed by atoms with Gasteiger partial charge in [0.2, 0.25) is 0 Å². The summed E-state index contributed by atoms with van der Waals surface area (Å²) in [6.45, 7) is 7.25.